The van der Waals surface area contributed by atoms with Gasteiger partial charge in [-0.15, -0.1) is 0 Å². The van der Waals surface area contributed by atoms with E-state index in [-0.39, 0.29) is 19.7 Å². The van der Waals surface area contributed by atoms with Crippen LogP contribution in [0.15, 0.2) is 24.4 Å². The van der Waals surface area contributed by atoms with Gasteiger partial charge in [0.25, 0.3) is 10.1 Å². The summed E-state index contributed by atoms with van der Waals surface area (Å²) in [5.41, 5.74) is 0.524. The summed E-state index contributed by atoms with van der Waals surface area (Å²) in [5, 5.41) is 0.677. The number of halogens is 1. The average molecular weight is 488 g/mol. The lowest BCUT2D eigenvalue weighted by Crippen LogP contribution is -2.38. The Balaban J connectivity index is 0.000000675. The lowest BCUT2D eigenvalue weighted by molar-refractivity contribution is 0.0211. The fraction of sp³-hybridized carbons (Fsp3) is 0.609. The molecule has 0 saturated carbocycles. The van der Waals surface area contributed by atoms with Gasteiger partial charge < -0.3 is 19.5 Å². The molecule has 2 rings (SSSR count). The highest BCUT2D eigenvalue weighted by molar-refractivity contribution is 7.85. The van der Waals surface area contributed by atoms with E-state index in [0.717, 1.165) is 6.26 Å². The number of H-pyrrole nitrogens is 1. The first kappa shape index (κ1) is 28.9. The summed E-state index contributed by atoms with van der Waals surface area (Å²) in [6.45, 7) is 15.1. The molecule has 0 bridgehead atoms. The number of fused-ring (bicyclic) bond motifs is 1. The number of nitrogens with one attached hydrogen (secondary N) is 1. The molecule has 1 aromatic carbocycles. The maximum absolute atomic E-state index is 13.9. The Morgan fingerprint density at radius 2 is 1.73 bits per heavy atom. The van der Waals surface area contributed by atoms with Gasteiger partial charge >= 0.3 is 6.09 Å². The number of ether oxygens (including phenoxy) is 1. The summed E-state index contributed by atoms with van der Waals surface area (Å²) in [4.78, 5) is 19.1. The molecule has 188 valence electrons. The molecule has 0 spiro atoms. The van der Waals surface area contributed by atoms with Gasteiger partial charge in [-0.2, -0.15) is 8.42 Å². The summed E-state index contributed by atoms with van der Waals surface area (Å²) in [6, 6.07) is 4.44. The van der Waals surface area contributed by atoms with Crippen LogP contribution in [0.4, 0.5) is 9.18 Å². The van der Waals surface area contributed by atoms with Crippen LogP contribution in [0.3, 0.4) is 0 Å². The van der Waals surface area contributed by atoms with Crippen LogP contribution in [0.1, 0.15) is 47.1 Å². The SMILES string of the molecule is CC(C)(C)OC(=O)N(CCOS(C)(=O)=O)Cc1cc(F)cc2cc[nH]c12.CCN(CC)CC. The molecule has 0 aliphatic carbocycles. The lowest BCUT2D eigenvalue weighted by atomic mass is 10.1. The second-order valence-electron chi connectivity index (χ2n) is 8.55. The smallest absolute Gasteiger partial charge is 0.410 e. The van der Waals surface area contributed by atoms with E-state index < -0.39 is 27.6 Å². The Kier molecular flexibility index (Phi) is 11.3. The molecule has 0 atom stereocenters. The van der Waals surface area contributed by atoms with Gasteiger partial charge in [0, 0.05) is 18.1 Å². The Morgan fingerprint density at radius 1 is 1.12 bits per heavy atom. The molecule has 0 aliphatic rings. The monoisotopic (exact) mass is 487 g/mol. The molecule has 0 radical (unpaired) electrons. The molecular formula is C23H38FN3O5S. The molecule has 1 N–H and O–H groups in total. The van der Waals surface area contributed by atoms with Crippen molar-refractivity contribution < 1.29 is 26.5 Å². The van der Waals surface area contributed by atoms with Crippen molar-refractivity contribution >= 4 is 27.1 Å². The van der Waals surface area contributed by atoms with Gasteiger partial charge in [-0.1, -0.05) is 20.8 Å². The third-order valence-electron chi connectivity index (χ3n) is 4.72. The van der Waals surface area contributed by atoms with Crippen LogP contribution in [0.5, 0.6) is 0 Å². The van der Waals surface area contributed by atoms with E-state index in [1.54, 1.807) is 33.0 Å². The van der Waals surface area contributed by atoms with Crippen LogP contribution in [0, 0.1) is 5.82 Å². The minimum Gasteiger partial charge on any atom is -0.444 e. The number of benzene rings is 1. The largest absolute Gasteiger partial charge is 0.444 e. The van der Waals surface area contributed by atoms with Crippen molar-refractivity contribution in [2.75, 3.05) is 39.0 Å². The van der Waals surface area contributed by atoms with Gasteiger partial charge in [0.05, 0.1) is 24.9 Å². The van der Waals surface area contributed by atoms with Crippen LogP contribution >= 0.6 is 0 Å². The minimum atomic E-state index is -3.63. The highest BCUT2D eigenvalue weighted by Crippen LogP contribution is 2.22. The van der Waals surface area contributed by atoms with E-state index in [0.29, 0.717) is 16.5 Å². The normalized spacial score (nSPS) is 11.9. The van der Waals surface area contributed by atoms with E-state index >= 15 is 0 Å². The summed E-state index contributed by atoms with van der Waals surface area (Å²) in [6.07, 6.45) is 1.97. The third-order valence-corrected chi connectivity index (χ3v) is 5.31. The minimum absolute atomic E-state index is 0.0271. The average Bonchev–Trinajstić information content (AvgIpc) is 3.15. The molecule has 10 heteroatoms. The van der Waals surface area contributed by atoms with Crippen LogP contribution in [0.2, 0.25) is 0 Å². The lowest BCUT2D eigenvalue weighted by Gasteiger charge is -2.27. The van der Waals surface area contributed by atoms with Crippen LogP contribution in [0.25, 0.3) is 10.9 Å². The highest BCUT2D eigenvalue weighted by atomic mass is 32.2. The fourth-order valence-corrected chi connectivity index (χ4v) is 3.45. The number of rotatable bonds is 9. The predicted molar refractivity (Wildman–Crippen MR) is 129 cm³/mol. The van der Waals surface area contributed by atoms with Crippen molar-refractivity contribution in [1.29, 1.82) is 0 Å². The van der Waals surface area contributed by atoms with E-state index in [4.69, 9.17) is 8.92 Å². The number of carbonyl (C=O) groups excluding carboxylic acids is 1. The zero-order chi connectivity index (χ0) is 25.2. The van der Waals surface area contributed by atoms with Gasteiger partial charge in [-0.25, -0.2) is 9.18 Å². The van der Waals surface area contributed by atoms with E-state index in [1.165, 1.54) is 36.7 Å². The topological polar surface area (TPSA) is 91.9 Å². The second-order valence-corrected chi connectivity index (χ2v) is 10.2. The quantitative estimate of drug-likeness (QED) is 0.528. The second kappa shape index (κ2) is 12.9. The summed E-state index contributed by atoms with van der Waals surface area (Å²) in [5.74, 6) is -0.427. The van der Waals surface area contributed by atoms with Crippen LogP contribution in [-0.2, 0) is 25.6 Å². The molecule has 0 fully saturated rings. The van der Waals surface area contributed by atoms with Gasteiger partial charge in [0.2, 0.25) is 0 Å². The van der Waals surface area contributed by atoms with Gasteiger partial charge in [-0.3, -0.25) is 4.18 Å². The van der Waals surface area contributed by atoms with Crippen molar-refractivity contribution in [3.05, 3.63) is 35.8 Å². The highest BCUT2D eigenvalue weighted by Gasteiger charge is 2.23. The zero-order valence-electron chi connectivity index (χ0n) is 20.8. The molecule has 8 nitrogen and oxygen atoms in total. The molecule has 0 aliphatic heterocycles. The van der Waals surface area contributed by atoms with E-state index in [2.05, 4.69) is 30.7 Å². The number of hydrogen-bond donors (Lipinski definition) is 1. The van der Waals surface area contributed by atoms with Crippen LogP contribution < -0.4 is 0 Å². The van der Waals surface area contributed by atoms with Crippen LogP contribution in [-0.4, -0.2) is 73.9 Å². The van der Waals surface area contributed by atoms with Crippen molar-refractivity contribution in [3.63, 3.8) is 0 Å². The third kappa shape index (κ3) is 11.0. The zero-order valence-corrected chi connectivity index (χ0v) is 21.6. The Bertz CT molecular complexity index is 976. The number of amides is 1. The molecule has 0 unspecified atom stereocenters. The molecule has 2 aromatic rings. The Hall–Kier alpha value is -2.17. The standard InChI is InChI=1S/C17H23FN2O5S.C6H15N/c1-17(2,3)25-16(21)20(7-8-24-26(4,22)23)11-13-10-14(18)9-12-5-6-19-15(12)13;1-4-7(5-2)6-3/h5-6,9-10,19H,7-8,11H2,1-4H3;4-6H2,1-3H3. The number of hydrogen-bond acceptors (Lipinski definition) is 6. The summed E-state index contributed by atoms with van der Waals surface area (Å²) in [7, 11) is -3.63. The first-order chi connectivity index (χ1) is 15.3. The number of carbonyl (C=O) groups is 1. The van der Waals surface area contributed by atoms with Crippen molar-refractivity contribution in [2.45, 2.75) is 53.7 Å². The molecule has 0 saturated heterocycles. The van der Waals surface area contributed by atoms with Crippen molar-refractivity contribution in [3.8, 4) is 0 Å². The van der Waals surface area contributed by atoms with E-state index in [9.17, 15) is 17.6 Å². The molecule has 33 heavy (non-hydrogen) atoms. The Labute approximate surface area is 197 Å². The van der Waals surface area contributed by atoms with Gasteiger partial charge in [0.1, 0.15) is 11.4 Å². The molecule has 1 heterocycles. The van der Waals surface area contributed by atoms with Gasteiger partial charge in [-0.05, 0) is 64.2 Å². The summed E-state index contributed by atoms with van der Waals surface area (Å²) >= 11 is 0. The first-order valence-electron chi connectivity index (χ1n) is 11.1. The first-order valence-corrected chi connectivity index (χ1v) is 12.9. The Morgan fingerprint density at radius 3 is 2.21 bits per heavy atom. The molecule has 1 amide bonds. The maximum Gasteiger partial charge on any atom is 0.410 e. The fourth-order valence-electron chi connectivity index (χ4n) is 3.07. The number of aromatic amines is 1. The van der Waals surface area contributed by atoms with Crippen molar-refractivity contribution in [2.24, 2.45) is 0 Å². The maximum atomic E-state index is 13.9. The number of aromatic nitrogens is 1. The van der Waals surface area contributed by atoms with E-state index in [1.807, 2.05) is 0 Å². The summed E-state index contributed by atoms with van der Waals surface area (Å²) < 4.78 is 46.2. The molecule has 1 aromatic heterocycles. The van der Waals surface area contributed by atoms with Crippen molar-refractivity contribution in [1.82, 2.24) is 14.8 Å². The van der Waals surface area contributed by atoms with Gasteiger partial charge in [0.15, 0.2) is 0 Å². The predicted octanol–water partition coefficient (Wildman–Crippen LogP) is 4.37. The molecular weight excluding hydrogens is 449 g/mol. The number of nitrogens with zero attached hydrogens (tertiary/aromatic N) is 2.